The summed E-state index contributed by atoms with van der Waals surface area (Å²) in [5, 5.41) is 7.04. The number of amides is 2. The zero-order valence-corrected chi connectivity index (χ0v) is 15.9. The number of hydrogen-bond donors (Lipinski definition) is 1. The molecule has 1 aliphatic heterocycles. The predicted molar refractivity (Wildman–Crippen MR) is 105 cm³/mol. The van der Waals surface area contributed by atoms with Crippen molar-refractivity contribution in [1.29, 1.82) is 0 Å². The first-order valence-corrected chi connectivity index (χ1v) is 9.31. The number of carbonyl (C=O) groups is 2. The summed E-state index contributed by atoms with van der Waals surface area (Å²) in [6, 6.07) is 10.1. The zero-order chi connectivity index (χ0) is 20.4. The second-order valence-corrected chi connectivity index (χ2v) is 7.01. The number of nitrogens with zero attached hydrogens (tertiary/aromatic N) is 4. The molecule has 1 N–H and O–H groups in total. The highest BCUT2D eigenvalue weighted by atomic mass is 19.1. The molecule has 4 rings (SSSR count). The van der Waals surface area contributed by atoms with Crippen LogP contribution in [0.3, 0.4) is 0 Å². The molecule has 148 valence electrons. The number of aryl methyl sites for hydroxylation is 1. The summed E-state index contributed by atoms with van der Waals surface area (Å²) in [5.41, 5.74) is 1.79. The van der Waals surface area contributed by atoms with Crippen molar-refractivity contribution in [1.82, 2.24) is 20.1 Å². The van der Waals surface area contributed by atoms with Gasteiger partial charge in [-0.1, -0.05) is 12.1 Å². The van der Waals surface area contributed by atoms with Crippen LogP contribution in [0.15, 0.2) is 55.0 Å². The van der Waals surface area contributed by atoms with Gasteiger partial charge in [-0.15, -0.1) is 0 Å². The van der Waals surface area contributed by atoms with E-state index in [0.717, 1.165) is 11.1 Å². The van der Waals surface area contributed by atoms with E-state index in [9.17, 15) is 14.0 Å². The number of carbonyl (C=O) groups excluding carboxylic acids is 2. The van der Waals surface area contributed by atoms with Gasteiger partial charge < -0.3 is 10.2 Å². The van der Waals surface area contributed by atoms with Gasteiger partial charge in [0, 0.05) is 43.7 Å². The maximum atomic E-state index is 14.2. The lowest BCUT2D eigenvalue weighted by molar-refractivity contribution is -0.126. The smallest absolute Gasteiger partial charge is 0.227 e. The molecule has 1 aromatic carbocycles. The van der Waals surface area contributed by atoms with E-state index in [-0.39, 0.29) is 37.0 Å². The summed E-state index contributed by atoms with van der Waals surface area (Å²) < 4.78 is 15.9. The first-order chi connectivity index (χ1) is 14.0. The maximum Gasteiger partial charge on any atom is 0.227 e. The summed E-state index contributed by atoms with van der Waals surface area (Å²) in [6.45, 7) is 2.19. The molecule has 2 aromatic heterocycles. The van der Waals surface area contributed by atoms with Gasteiger partial charge >= 0.3 is 0 Å². The van der Waals surface area contributed by atoms with Crippen LogP contribution in [0.2, 0.25) is 0 Å². The van der Waals surface area contributed by atoms with Gasteiger partial charge in [-0.3, -0.25) is 9.59 Å². The Bertz CT molecular complexity index is 1050. The van der Waals surface area contributed by atoms with Gasteiger partial charge in [-0.2, -0.15) is 5.10 Å². The minimum Gasteiger partial charge on any atom is -0.352 e. The lowest BCUT2D eigenvalue weighted by atomic mass is 10.1. The summed E-state index contributed by atoms with van der Waals surface area (Å²) >= 11 is 0. The molecule has 7 nitrogen and oxygen atoms in total. The standard InChI is InChI=1S/C21H20FN5O2/c1-14-5-6-18(17(22)10-14)26-13-16(11-19(26)28)21(29)24-12-15-4-2-7-23-20(15)27-9-3-8-25-27/h2-10,16H,11-13H2,1H3,(H,24,29). The van der Waals surface area contributed by atoms with Crippen LogP contribution in [-0.2, 0) is 16.1 Å². The highest BCUT2D eigenvalue weighted by Crippen LogP contribution is 2.28. The van der Waals surface area contributed by atoms with Gasteiger partial charge in [0.2, 0.25) is 11.8 Å². The average molecular weight is 393 g/mol. The molecule has 0 radical (unpaired) electrons. The van der Waals surface area contributed by atoms with Crippen molar-refractivity contribution in [2.45, 2.75) is 19.9 Å². The van der Waals surface area contributed by atoms with Crippen LogP contribution in [0.5, 0.6) is 0 Å². The molecule has 3 aromatic rings. The predicted octanol–water partition coefficient (Wildman–Crippen LogP) is 2.38. The monoisotopic (exact) mass is 393 g/mol. The van der Waals surface area contributed by atoms with Gasteiger partial charge in [0.15, 0.2) is 5.82 Å². The molecule has 3 heterocycles. The average Bonchev–Trinajstić information content (AvgIpc) is 3.37. The fraction of sp³-hybridized carbons (Fsp3) is 0.238. The Balaban J connectivity index is 1.43. The first kappa shape index (κ1) is 18.8. The molecule has 1 unspecified atom stereocenters. The van der Waals surface area contributed by atoms with Crippen molar-refractivity contribution in [2.24, 2.45) is 5.92 Å². The molecule has 2 amide bonds. The summed E-state index contributed by atoms with van der Waals surface area (Å²) in [6.07, 6.45) is 5.14. The van der Waals surface area contributed by atoms with E-state index in [2.05, 4.69) is 15.4 Å². The number of benzene rings is 1. The number of nitrogens with one attached hydrogen (secondary N) is 1. The molecule has 29 heavy (non-hydrogen) atoms. The van der Waals surface area contributed by atoms with Crippen molar-refractivity contribution in [3.05, 3.63) is 71.9 Å². The topological polar surface area (TPSA) is 80.1 Å². The summed E-state index contributed by atoms with van der Waals surface area (Å²) in [4.78, 5) is 30.7. The quantitative estimate of drug-likeness (QED) is 0.722. The molecule has 0 spiro atoms. The van der Waals surface area contributed by atoms with E-state index >= 15 is 0 Å². The highest BCUT2D eigenvalue weighted by Gasteiger charge is 2.36. The Hall–Kier alpha value is -3.55. The van der Waals surface area contributed by atoms with Gasteiger partial charge in [-0.25, -0.2) is 14.1 Å². The van der Waals surface area contributed by atoms with E-state index in [4.69, 9.17) is 0 Å². The number of hydrogen-bond acceptors (Lipinski definition) is 4. The van der Waals surface area contributed by atoms with Crippen LogP contribution in [0.25, 0.3) is 5.82 Å². The molecule has 1 atom stereocenters. The fourth-order valence-electron chi connectivity index (χ4n) is 3.44. The van der Waals surface area contributed by atoms with Crippen LogP contribution in [0.4, 0.5) is 10.1 Å². The Morgan fingerprint density at radius 2 is 2.14 bits per heavy atom. The van der Waals surface area contributed by atoms with Crippen LogP contribution >= 0.6 is 0 Å². The van der Waals surface area contributed by atoms with E-state index < -0.39 is 11.7 Å². The second-order valence-electron chi connectivity index (χ2n) is 7.01. The van der Waals surface area contributed by atoms with Crippen LogP contribution < -0.4 is 10.2 Å². The van der Waals surface area contributed by atoms with Crippen molar-refractivity contribution in [3.63, 3.8) is 0 Å². The Labute approximate surface area is 167 Å². The van der Waals surface area contributed by atoms with Crippen LogP contribution in [-0.4, -0.2) is 33.1 Å². The first-order valence-electron chi connectivity index (χ1n) is 9.31. The van der Waals surface area contributed by atoms with Crippen molar-refractivity contribution < 1.29 is 14.0 Å². The van der Waals surface area contributed by atoms with E-state index in [1.165, 1.54) is 11.0 Å². The molecule has 1 saturated heterocycles. The maximum absolute atomic E-state index is 14.2. The molecular formula is C21H20FN5O2. The van der Waals surface area contributed by atoms with Crippen molar-refractivity contribution in [2.75, 3.05) is 11.4 Å². The molecule has 0 saturated carbocycles. The Kier molecular flexibility index (Phi) is 5.07. The number of pyridine rings is 1. The third kappa shape index (κ3) is 3.87. The molecular weight excluding hydrogens is 373 g/mol. The lowest BCUT2D eigenvalue weighted by Gasteiger charge is -2.18. The molecule has 8 heteroatoms. The van der Waals surface area contributed by atoms with Crippen molar-refractivity contribution >= 4 is 17.5 Å². The minimum atomic E-state index is -0.534. The Morgan fingerprint density at radius 1 is 1.28 bits per heavy atom. The van der Waals surface area contributed by atoms with Crippen molar-refractivity contribution in [3.8, 4) is 5.82 Å². The number of halogens is 1. The second kappa shape index (κ2) is 7.83. The number of aromatic nitrogens is 3. The normalized spacial score (nSPS) is 16.3. The molecule has 1 fully saturated rings. The molecule has 0 bridgehead atoms. The third-order valence-corrected chi connectivity index (χ3v) is 4.93. The largest absolute Gasteiger partial charge is 0.352 e. The van der Waals surface area contributed by atoms with E-state index in [1.54, 1.807) is 54.5 Å². The van der Waals surface area contributed by atoms with Gasteiger partial charge in [0.1, 0.15) is 5.82 Å². The SMILES string of the molecule is Cc1ccc(N2CC(C(=O)NCc3cccnc3-n3cccn3)CC2=O)c(F)c1. The van der Waals surface area contributed by atoms with Gasteiger partial charge in [0.25, 0.3) is 0 Å². The van der Waals surface area contributed by atoms with Gasteiger partial charge in [0.05, 0.1) is 11.6 Å². The number of anilines is 1. The number of rotatable bonds is 5. The lowest BCUT2D eigenvalue weighted by Crippen LogP contribution is -2.33. The molecule has 1 aliphatic rings. The third-order valence-electron chi connectivity index (χ3n) is 4.93. The van der Waals surface area contributed by atoms with Crippen LogP contribution in [0.1, 0.15) is 17.5 Å². The van der Waals surface area contributed by atoms with Gasteiger partial charge in [-0.05, 0) is 36.8 Å². The minimum absolute atomic E-state index is 0.0538. The highest BCUT2D eigenvalue weighted by molar-refractivity contribution is 6.00. The van der Waals surface area contributed by atoms with E-state index in [1.807, 2.05) is 6.07 Å². The molecule has 0 aliphatic carbocycles. The zero-order valence-electron chi connectivity index (χ0n) is 15.9. The fourth-order valence-corrected chi connectivity index (χ4v) is 3.44. The summed E-state index contributed by atoms with van der Waals surface area (Å²) in [7, 11) is 0. The summed E-state index contributed by atoms with van der Waals surface area (Å²) in [5.74, 6) is -0.870. The van der Waals surface area contributed by atoms with Crippen LogP contribution in [0, 0.1) is 18.7 Å². The van der Waals surface area contributed by atoms with E-state index in [0.29, 0.717) is 5.82 Å². The Morgan fingerprint density at radius 3 is 2.90 bits per heavy atom.